The van der Waals surface area contributed by atoms with E-state index in [1.165, 1.54) is 18.2 Å². The summed E-state index contributed by atoms with van der Waals surface area (Å²) in [5.74, 6) is -5.97. The van der Waals surface area contributed by atoms with Gasteiger partial charge in [-0.05, 0) is 24.3 Å². The standard InChI is InChI=1S/C15H8F3N3O3/c16-8-5-4-7(11(17)12(8)18)13(22)19-9-3-1-2-6-10(9)15(24)21-20-14(6)23/h1-5H,(H,19,22)(H,20,23)(H,21,24). The van der Waals surface area contributed by atoms with E-state index in [0.717, 1.165) is 6.07 Å². The predicted octanol–water partition coefficient (Wildman–Crippen LogP) is 1.89. The summed E-state index contributed by atoms with van der Waals surface area (Å²) in [5, 5.41) is 6.31. The summed E-state index contributed by atoms with van der Waals surface area (Å²) in [7, 11) is 0. The molecule has 1 heterocycles. The van der Waals surface area contributed by atoms with Crippen LogP contribution >= 0.6 is 0 Å². The number of hydrogen-bond donors (Lipinski definition) is 3. The molecule has 3 N–H and O–H groups in total. The first-order valence-electron chi connectivity index (χ1n) is 6.58. The second-order valence-electron chi connectivity index (χ2n) is 4.81. The highest BCUT2D eigenvalue weighted by Crippen LogP contribution is 2.20. The molecule has 0 fully saturated rings. The lowest BCUT2D eigenvalue weighted by molar-refractivity contribution is 0.102. The molecule has 24 heavy (non-hydrogen) atoms. The second-order valence-corrected chi connectivity index (χ2v) is 4.81. The van der Waals surface area contributed by atoms with E-state index in [0.29, 0.717) is 6.07 Å². The number of anilines is 1. The third-order valence-corrected chi connectivity index (χ3v) is 3.35. The molecule has 122 valence electrons. The van der Waals surface area contributed by atoms with E-state index in [9.17, 15) is 27.6 Å². The van der Waals surface area contributed by atoms with Crippen molar-refractivity contribution in [3.8, 4) is 0 Å². The molecule has 9 heteroatoms. The van der Waals surface area contributed by atoms with E-state index in [4.69, 9.17) is 0 Å². The number of carbonyl (C=O) groups excluding carboxylic acids is 1. The van der Waals surface area contributed by atoms with Gasteiger partial charge in [-0.25, -0.2) is 13.2 Å². The fraction of sp³-hybridized carbons (Fsp3) is 0. The maximum atomic E-state index is 13.7. The number of nitrogens with one attached hydrogen (secondary N) is 3. The highest BCUT2D eigenvalue weighted by atomic mass is 19.2. The van der Waals surface area contributed by atoms with Crippen LogP contribution in [-0.2, 0) is 0 Å². The van der Waals surface area contributed by atoms with Crippen LogP contribution in [0.1, 0.15) is 10.4 Å². The second kappa shape index (κ2) is 5.69. The van der Waals surface area contributed by atoms with E-state index in [-0.39, 0.29) is 16.5 Å². The Morgan fingerprint density at radius 3 is 2.38 bits per heavy atom. The molecular weight excluding hydrogens is 327 g/mol. The molecule has 6 nitrogen and oxygen atoms in total. The predicted molar refractivity (Wildman–Crippen MR) is 79.5 cm³/mol. The van der Waals surface area contributed by atoms with Crippen molar-refractivity contribution in [2.45, 2.75) is 0 Å². The van der Waals surface area contributed by atoms with Crippen LogP contribution in [0.15, 0.2) is 39.9 Å². The average Bonchev–Trinajstić information content (AvgIpc) is 2.56. The van der Waals surface area contributed by atoms with Crippen LogP contribution in [0.25, 0.3) is 10.8 Å². The Bertz CT molecular complexity index is 1090. The Hall–Kier alpha value is -3.36. The van der Waals surface area contributed by atoms with E-state index in [2.05, 4.69) is 15.5 Å². The van der Waals surface area contributed by atoms with Crippen LogP contribution in [0.3, 0.4) is 0 Å². The SMILES string of the molecule is O=C(Nc1cccc2c(=O)[nH][nH]c(=O)c12)c1ccc(F)c(F)c1F. The van der Waals surface area contributed by atoms with Crippen molar-refractivity contribution in [1.29, 1.82) is 0 Å². The number of benzene rings is 2. The Morgan fingerprint density at radius 1 is 0.917 bits per heavy atom. The zero-order valence-electron chi connectivity index (χ0n) is 11.7. The quantitative estimate of drug-likeness (QED) is 0.624. The number of aromatic amines is 2. The fourth-order valence-electron chi connectivity index (χ4n) is 2.22. The van der Waals surface area contributed by atoms with Crippen LogP contribution in [0.4, 0.5) is 18.9 Å². The first-order valence-corrected chi connectivity index (χ1v) is 6.58. The molecule has 0 unspecified atom stereocenters. The van der Waals surface area contributed by atoms with Crippen LogP contribution in [0.5, 0.6) is 0 Å². The lowest BCUT2D eigenvalue weighted by Gasteiger charge is -2.09. The monoisotopic (exact) mass is 335 g/mol. The summed E-state index contributed by atoms with van der Waals surface area (Å²) in [5.41, 5.74) is -2.10. The summed E-state index contributed by atoms with van der Waals surface area (Å²) in [6, 6.07) is 5.44. The van der Waals surface area contributed by atoms with Gasteiger partial charge < -0.3 is 5.32 Å². The van der Waals surface area contributed by atoms with Crippen LogP contribution in [0.2, 0.25) is 0 Å². The minimum absolute atomic E-state index is 0.00214. The van der Waals surface area contributed by atoms with Crippen LogP contribution in [0, 0.1) is 17.5 Å². The van der Waals surface area contributed by atoms with Gasteiger partial charge in [-0.15, -0.1) is 0 Å². The molecule has 3 rings (SSSR count). The number of aromatic nitrogens is 2. The van der Waals surface area contributed by atoms with E-state index in [1.54, 1.807) is 0 Å². The van der Waals surface area contributed by atoms with Gasteiger partial charge in [0.1, 0.15) is 0 Å². The van der Waals surface area contributed by atoms with E-state index < -0.39 is 40.0 Å². The van der Waals surface area contributed by atoms with Crippen molar-refractivity contribution in [2.75, 3.05) is 5.32 Å². The molecule has 3 aromatic rings. The van der Waals surface area contributed by atoms with E-state index in [1.807, 2.05) is 0 Å². The minimum atomic E-state index is -1.78. The number of amides is 1. The summed E-state index contributed by atoms with van der Waals surface area (Å²) in [4.78, 5) is 35.7. The maximum Gasteiger partial charge on any atom is 0.272 e. The molecule has 0 radical (unpaired) electrons. The zero-order chi connectivity index (χ0) is 17.4. The van der Waals surface area contributed by atoms with Gasteiger partial charge in [0.05, 0.1) is 22.0 Å². The number of rotatable bonds is 2. The van der Waals surface area contributed by atoms with Gasteiger partial charge in [0, 0.05) is 0 Å². The molecule has 0 saturated carbocycles. The van der Waals surface area contributed by atoms with Crippen molar-refractivity contribution < 1.29 is 18.0 Å². The molecule has 0 bridgehead atoms. The molecule has 1 amide bonds. The zero-order valence-corrected chi connectivity index (χ0v) is 11.7. The Balaban J connectivity index is 2.10. The first kappa shape index (κ1) is 15.5. The fourth-order valence-corrected chi connectivity index (χ4v) is 2.22. The van der Waals surface area contributed by atoms with Crippen molar-refractivity contribution >= 4 is 22.4 Å². The van der Waals surface area contributed by atoms with Gasteiger partial charge in [0.15, 0.2) is 17.5 Å². The van der Waals surface area contributed by atoms with Crippen molar-refractivity contribution in [1.82, 2.24) is 10.2 Å². The summed E-state index contributed by atoms with van der Waals surface area (Å²) in [6.07, 6.45) is 0. The summed E-state index contributed by atoms with van der Waals surface area (Å²) in [6.45, 7) is 0. The van der Waals surface area contributed by atoms with Gasteiger partial charge in [-0.1, -0.05) is 6.07 Å². The molecule has 2 aromatic carbocycles. The van der Waals surface area contributed by atoms with Crippen LogP contribution < -0.4 is 16.4 Å². The summed E-state index contributed by atoms with van der Waals surface area (Å²) < 4.78 is 39.8. The van der Waals surface area contributed by atoms with Gasteiger partial charge in [0.25, 0.3) is 17.0 Å². The number of hydrogen-bond acceptors (Lipinski definition) is 3. The van der Waals surface area contributed by atoms with Crippen LogP contribution in [-0.4, -0.2) is 16.1 Å². The molecular formula is C15H8F3N3O3. The molecule has 0 saturated heterocycles. The van der Waals surface area contributed by atoms with Gasteiger partial charge >= 0.3 is 0 Å². The third kappa shape index (κ3) is 2.45. The number of carbonyl (C=O) groups is 1. The Morgan fingerprint density at radius 2 is 1.62 bits per heavy atom. The first-order chi connectivity index (χ1) is 11.4. The average molecular weight is 335 g/mol. The number of fused-ring (bicyclic) bond motifs is 1. The number of H-pyrrole nitrogens is 2. The largest absolute Gasteiger partial charge is 0.321 e. The molecule has 0 aliphatic carbocycles. The van der Waals surface area contributed by atoms with Crippen molar-refractivity contribution in [2.24, 2.45) is 0 Å². The van der Waals surface area contributed by atoms with Gasteiger partial charge in [-0.3, -0.25) is 24.6 Å². The lowest BCUT2D eigenvalue weighted by Crippen LogP contribution is -2.22. The summed E-state index contributed by atoms with van der Waals surface area (Å²) >= 11 is 0. The number of halogens is 3. The lowest BCUT2D eigenvalue weighted by atomic mass is 10.1. The Labute approximate surface area is 130 Å². The normalized spacial score (nSPS) is 10.8. The maximum absolute atomic E-state index is 13.7. The molecule has 1 aromatic heterocycles. The van der Waals surface area contributed by atoms with Crippen molar-refractivity contribution in [3.05, 3.63) is 74.1 Å². The third-order valence-electron chi connectivity index (χ3n) is 3.35. The molecule has 0 atom stereocenters. The Kier molecular flexibility index (Phi) is 3.68. The molecule has 0 spiro atoms. The molecule has 0 aliphatic heterocycles. The highest BCUT2D eigenvalue weighted by Gasteiger charge is 2.20. The highest BCUT2D eigenvalue weighted by molar-refractivity contribution is 6.08. The smallest absolute Gasteiger partial charge is 0.272 e. The molecule has 0 aliphatic rings. The van der Waals surface area contributed by atoms with Gasteiger partial charge in [-0.2, -0.15) is 0 Å². The van der Waals surface area contributed by atoms with E-state index >= 15 is 0 Å². The van der Waals surface area contributed by atoms with Crippen molar-refractivity contribution in [3.63, 3.8) is 0 Å². The minimum Gasteiger partial charge on any atom is -0.321 e. The topological polar surface area (TPSA) is 94.8 Å². The van der Waals surface area contributed by atoms with Gasteiger partial charge in [0.2, 0.25) is 0 Å².